The van der Waals surface area contributed by atoms with Crippen molar-refractivity contribution in [3.63, 3.8) is 0 Å². The maximum atomic E-state index is 9.97. The Morgan fingerprint density at radius 1 is 1.24 bits per heavy atom. The number of aryl methyl sites for hydroxylation is 1. The highest BCUT2D eigenvalue weighted by Crippen LogP contribution is 2.18. The fourth-order valence-electron chi connectivity index (χ4n) is 2.02. The largest absolute Gasteiger partial charge is 0.491 e. The van der Waals surface area contributed by atoms with Gasteiger partial charge in [0.1, 0.15) is 18.5 Å². The first-order valence-corrected chi connectivity index (χ1v) is 8.23. The van der Waals surface area contributed by atoms with Gasteiger partial charge in [0.25, 0.3) is 0 Å². The quantitative estimate of drug-likeness (QED) is 0.785. The summed E-state index contributed by atoms with van der Waals surface area (Å²) < 4.78 is 5.60. The molecule has 2 atom stereocenters. The summed E-state index contributed by atoms with van der Waals surface area (Å²) in [5, 5.41) is 15.4. The molecule has 114 valence electrons. The third kappa shape index (κ3) is 5.16. The SMILES string of the molecule is CCc1ccc(OCC(O)CN[C@@H](C)c2cccs2)cc1. The van der Waals surface area contributed by atoms with Crippen LogP contribution in [0, 0.1) is 0 Å². The Hall–Kier alpha value is -1.36. The summed E-state index contributed by atoms with van der Waals surface area (Å²) in [5.41, 5.74) is 1.29. The zero-order chi connectivity index (χ0) is 15.1. The monoisotopic (exact) mass is 305 g/mol. The third-order valence-electron chi connectivity index (χ3n) is 3.40. The van der Waals surface area contributed by atoms with Gasteiger partial charge in [-0.15, -0.1) is 11.3 Å². The molecule has 1 aromatic carbocycles. The lowest BCUT2D eigenvalue weighted by Gasteiger charge is -2.17. The predicted octanol–water partition coefficient (Wildman–Crippen LogP) is 3.40. The third-order valence-corrected chi connectivity index (χ3v) is 4.46. The van der Waals surface area contributed by atoms with Crippen LogP contribution in [-0.4, -0.2) is 24.4 Å². The van der Waals surface area contributed by atoms with E-state index in [0.29, 0.717) is 13.2 Å². The first-order valence-electron chi connectivity index (χ1n) is 7.35. The second kappa shape index (κ2) is 8.17. The normalized spacial score (nSPS) is 13.9. The molecular formula is C17H23NO2S. The maximum Gasteiger partial charge on any atom is 0.119 e. The second-order valence-corrected chi connectivity index (χ2v) is 6.09. The lowest BCUT2D eigenvalue weighted by molar-refractivity contribution is 0.104. The van der Waals surface area contributed by atoms with Crippen molar-refractivity contribution in [3.8, 4) is 5.75 Å². The van der Waals surface area contributed by atoms with Gasteiger partial charge in [-0.2, -0.15) is 0 Å². The lowest BCUT2D eigenvalue weighted by Crippen LogP contribution is -2.32. The van der Waals surface area contributed by atoms with Crippen LogP contribution in [0.2, 0.25) is 0 Å². The number of benzene rings is 1. The van der Waals surface area contributed by atoms with Crippen LogP contribution < -0.4 is 10.1 Å². The van der Waals surface area contributed by atoms with Crippen molar-refractivity contribution >= 4 is 11.3 Å². The number of hydrogen-bond donors (Lipinski definition) is 2. The lowest BCUT2D eigenvalue weighted by atomic mass is 10.2. The molecule has 0 aliphatic heterocycles. The fraction of sp³-hybridized carbons (Fsp3) is 0.412. The Bertz CT molecular complexity index is 510. The van der Waals surface area contributed by atoms with Crippen LogP contribution in [0.3, 0.4) is 0 Å². The van der Waals surface area contributed by atoms with E-state index in [1.807, 2.05) is 18.2 Å². The van der Waals surface area contributed by atoms with Crippen molar-refractivity contribution < 1.29 is 9.84 Å². The molecule has 0 bridgehead atoms. The summed E-state index contributed by atoms with van der Waals surface area (Å²) in [6.07, 6.45) is 0.506. The number of rotatable bonds is 8. The minimum absolute atomic E-state index is 0.253. The highest BCUT2D eigenvalue weighted by molar-refractivity contribution is 7.10. The van der Waals surface area contributed by atoms with Crippen molar-refractivity contribution in [2.24, 2.45) is 0 Å². The minimum Gasteiger partial charge on any atom is -0.491 e. The van der Waals surface area contributed by atoms with Crippen molar-refractivity contribution in [2.45, 2.75) is 32.4 Å². The summed E-state index contributed by atoms with van der Waals surface area (Å²) in [4.78, 5) is 1.28. The maximum absolute atomic E-state index is 9.97. The van der Waals surface area contributed by atoms with Gasteiger partial charge in [-0.3, -0.25) is 0 Å². The van der Waals surface area contributed by atoms with E-state index in [1.54, 1.807) is 11.3 Å². The topological polar surface area (TPSA) is 41.5 Å². The molecule has 2 rings (SSSR count). The van der Waals surface area contributed by atoms with Crippen LogP contribution >= 0.6 is 11.3 Å². The Labute approximate surface area is 130 Å². The molecule has 4 heteroatoms. The van der Waals surface area contributed by atoms with Crippen LogP contribution in [-0.2, 0) is 6.42 Å². The molecule has 3 nitrogen and oxygen atoms in total. The van der Waals surface area contributed by atoms with Gasteiger partial charge < -0.3 is 15.2 Å². The number of aliphatic hydroxyl groups excluding tert-OH is 1. The molecule has 0 saturated carbocycles. The number of thiophene rings is 1. The van der Waals surface area contributed by atoms with Gasteiger partial charge in [0.15, 0.2) is 0 Å². The van der Waals surface area contributed by atoms with Gasteiger partial charge >= 0.3 is 0 Å². The van der Waals surface area contributed by atoms with Crippen LogP contribution in [0.5, 0.6) is 5.75 Å². The van der Waals surface area contributed by atoms with E-state index in [0.717, 1.165) is 12.2 Å². The van der Waals surface area contributed by atoms with Gasteiger partial charge in [-0.1, -0.05) is 25.1 Å². The summed E-state index contributed by atoms with van der Waals surface area (Å²) in [6.45, 7) is 5.05. The van der Waals surface area contributed by atoms with Crippen molar-refractivity contribution in [2.75, 3.05) is 13.2 Å². The Morgan fingerprint density at radius 2 is 2.00 bits per heavy atom. The zero-order valence-electron chi connectivity index (χ0n) is 12.6. The van der Waals surface area contributed by atoms with E-state index < -0.39 is 6.10 Å². The first kappa shape index (κ1) is 16.0. The molecule has 0 amide bonds. The summed E-state index contributed by atoms with van der Waals surface area (Å²) in [7, 11) is 0. The summed E-state index contributed by atoms with van der Waals surface area (Å²) >= 11 is 1.72. The highest BCUT2D eigenvalue weighted by atomic mass is 32.1. The van der Waals surface area contributed by atoms with E-state index in [4.69, 9.17) is 4.74 Å². The van der Waals surface area contributed by atoms with Crippen LogP contribution in [0.1, 0.15) is 30.3 Å². The molecule has 0 radical (unpaired) electrons. The first-order chi connectivity index (χ1) is 10.2. The van der Waals surface area contributed by atoms with Crippen LogP contribution in [0.15, 0.2) is 41.8 Å². The number of aliphatic hydroxyl groups is 1. The standard InChI is InChI=1S/C17H23NO2S/c1-3-14-6-8-16(9-7-14)20-12-15(19)11-18-13(2)17-5-4-10-21-17/h4-10,13,15,18-19H,3,11-12H2,1-2H3/t13-,15?/m0/s1. The molecule has 0 saturated heterocycles. The van der Waals surface area contributed by atoms with E-state index >= 15 is 0 Å². The number of ether oxygens (including phenoxy) is 1. The molecule has 0 fully saturated rings. The van der Waals surface area contributed by atoms with Gasteiger partial charge in [0.2, 0.25) is 0 Å². The molecule has 1 aromatic heterocycles. The molecular weight excluding hydrogens is 282 g/mol. The number of hydrogen-bond acceptors (Lipinski definition) is 4. The molecule has 1 heterocycles. The summed E-state index contributed by atoms with van der Waals surface area (Å²) in [5.74, 6) is 0.803. The fourth-order valence-corrected chi connectivity index (χ4v) is 2.78. The molecule has 2 aromatic rings. The average Bonchev–Trinajstić information content (AvgIpc) is 3.05. The minimum atomic E-state index is -0.515. The smallest absolute Gasteiger partial charge is 0.119 e. The van der Waals surface area contributed by atoms with Crippen molar-refractivity contribution in [1.82, 2.24) is 5.32 Å². The highest BCUT2D eigenvalue weighted by Gasteiger charge is 2.10. The second-order valence-electron chi connectivity index (χ2n) is 5.11. The molecule has 1 unspecified atom stereocenters. The van der Waals surface area contributed by atoms with Gasteiger partial charge in [-0.05, 0) is 42.5 Å². The molecule has 2 N–H and O–H groups in total. The van der Waals surface area contributed by atoms with E-state index in [9.17, 15) is 5.11 Å². The van der Waals surface area contributed by atoms with E-state index in [1.165, 1.54) is 10.4 Å². The Balaban J connectivity index is 1.70. The van der Waals surface area contributed by atoms with E-state index in [2.05, 4.69) is 42.7 Å². The molecule has 21 heavy (non-hydrogen) atoms. The van der Waals surface area contributed by atoms with E-state index in [-0.39, 0.29) is 6.04 Å². The van der Waals surface area contributed by atoms with Crippen LogP contribution in [0.25, 0.3) is 0 Å². The Kier molecular flexibility index (Phi) is 6.23. The summed E-state index contributed by atoms with van der Waals surface area (Å²) in [6, 6.07) is 12.4. The molecule has 0 aliphatic rings. The van der Waals surface area contributed by atoms with Gasteiger partial charge in [-0.25, -0.2) is 0 Å². The number of nitrogens with one attached hydrogen (secondary N) is 1. The van der Waals surface area contributed by atoms with Gasteiger partial charge in [0, 0.05) is 17.5 Å². The molecule has 0 spiro atoms. The Morgan fingerprint density at radius 3 is 2.62 bits per heavy atom. The predicted molar refractivity (Wildman–Crippen MR) is 88.1 cm³/mol. The van der Waals surface area contributed by atoms with Gasteiger partial charge in [0.05, 0.1) is 0 Å². The zero-order valence-corrected chi connectivity index (χ0v) is 13.4. The van der Waals surface area contributed by atoms with Crippen LogP contribution in [0.4, 0.5) is 0 Å². The van der Waals surface area contributed by atoms with Crippen molar-refractivity contribution in [1.29, 1.82) is 0 Å². The average molecular weight is 305 g/mol. The molecule has 0 aliphatic carbocycles. The van der Waals surface area contributed by atoms with Crippen molar-refractivity contribution in [3.05, 3.63) is 52.2 Å².